The molecule has 0 saturated heterocycles. The molecular formula is C18H29N. The van der Waals surface area contributed by atoms with Crippen LogP contribution in [0.2, 0.25) is 0 Å². The van der Waals surface area contributed by atoms with Gasteiger partial charge in [-0.25, -0.2) is 0 Å². The number of fused-ring (bicyclic) bond motifs is 1. The zero-order chi connectivity index (χ0) is 13.9. The fraction of sp³-hybridized carbons (Fsp3) is 0.667. The van der Waals surface area contributed by atoms with E-state index in [9.17, 15) is 0 Å². The smallest absolute Gasteiger partial charge is 0.00966 e. The highest BCUT2D eigenvalue weighted by atomic mass is 14.9. The van der Waals surface area contributed by atoms with E-state index < -0.39 is 0 Å². The molecule has 1 unspecified atom stereocenters. The highest BCUT2D eigenvalue weighted by molar-refractivity contribution is 5.35. The fourth-order valence-electron chi connectivity index (χ4n) is 2.90. The Morgan fingerprint density at radius 3 is 2.58 bits per heavy atom. The van der Waals surface area contributed by atoms with Gasteiger partial charge in [0.15, 0.2) is 0 Å². The Balaban J connectivity index is 1.94. The van der Waals surface area contributed by atoms with Gasteiger partial charge < -0.3 is 5.32 Å². The van der Waals surface area contributed by atoms with Gasteiger partial charge in [0.25, 0.3) is 0 Å². The van der Waals surface area contributed by atoms with Crippen molar-refractivity contribution < 1.29 is 0 Å². The summed E-state index contributed by atoms with van der Waals surface area (Å²) in [5.41, 5.74) is 4.95. The van der Waals surface area contributed by atoms with E-state index in [0.717, 1.165) is 12.5 Å². The second kappa shape index (κ2) is 6.09. The number of hydrogen-bond donors (Lipinski definition) is 1. The largest absolute Gasteiger partial charge is 0.312 e. The third-order valence-electron chi connectivity index (χ3n) is 4.19. The minimum atomic E-state index is 0.228. The van der Waals surface area contributed by atoms with E-state index >= 15 is 0 Å². The minimum Gasteiger partial charge on any atom is -0.312 e. The van der Waals surface area contributed by atoms with Crippen LogP contribution in [0.15, 0.2) is 18.2 Å². The molecule has 2 rings (SSSR count). The molecule has 0 fully saturated rings. The lowest BCUT2D eigenvalue weighted by Crippen LogP contribution is -2.39. The molecule has 1 atom stereocenters. The van der Waals surface area contributed by atoms with Crippen molar-refractivity contribution in [3.05, 3.63) is 34.9 Å². The first-order valence-corrected chi connectivity index (χ1v) is 7.83. The SMILES string of the molecule is CCC(CNC(C)(C)C)Cc1ccc2c(c1)CCC2. The zero-order valence-corrected chi connectivity index (χ0v) is 13.1. The number of aryl methyl sites for hydroxylation is 2. The van der Waals surface area contributed by atoms with Crippen LogP contribution in [0.5, 0.6) is 0 Å². The van der Waals surface area contributed by atoms with Crippen LogP contribution < -0.4 is 5.32 Å². The van der Waals surface area contributed by atoms with Crippen molar-refractivity contribution >= 4 is 0 Å². The van der Waals surface area contributed by atoms with Crippen molar-refractivity contribution in [3.8, 4) is 0 Å². The van der Waals surface area contributed by atoms with Gasteiger partial charge in [0.05, 0.1) is 0 Å². The van der Waals surface area contributed by atoms with Crippen molar-refractivity contribution in [3.63, 3.8) is 0 Å². The third kappa shape index (κ3) is 4.35. The van der Waals surface area contributed by atoms with Gasteiger partial charge in [0.1, 0.15) is 0 Å². The van der Waals surface area contributed by atoms with Crippen LogP contribution in [0.3, 0.4) is 0 Å². The second-order valence-electron chi connectivity index (χ2n) is 7.07. The van der Waals surface area contributed by atoms with Crippen molar-refractivity contribution in [2.24, 2.45) is 5.92 Å². The van der Waals surface area contributed by atoms with Crippen LogP contribution in [-0.2, 0) is 19.3 Å². The van der Waals surface area contributed by atoms with E-state index in [-0.39, 0.29) is 5.54 Å². The van der Waals surface area contributed by atoms with E-state index in [0.29, 0.717) is 0 Å². The average Bonchev–Trinajstić information content (AvgIpc) is 2.80. The molecule has 1 aliphatic rings. The molecule has 0 amide bonds. The number of nitrogens with one attached hydrogen (secondary N) is 1. The first-order chi connectivity index (χ1) is 8.98. The molecule has 1 heteroatoms. The van der Waals surface area contributed by atoms with E-state index in [1.807, 2.05) is 0 Å². The predicted molar refractivity (Wildman–Crippen MR) is 83.7 cm³/mol. The summed E-state index contributed by atoms with van der Waals surface area (Å²) in [5, 5.41) is 3.65. The third-order valence-corrected chi connectivity index (χ3v) is 4.19. The first-order valence-electron chi connectivity index (χ1n) is 7.83. The van der Waals surface area contributed by atoms with E-state index in [1.54, 1.807) is 11.1 Å². The molecule has 0 spiro atoms. The summed E-state index contributed by atoms with van der Waals surface area (Å²) in [5.74, 6) is 0.749. The maximum atomic E-state index is 3.65. The average molecular weight is 259 g/mol. The number of hydrogen-bond acceptors (Lipinski definition) is 1. The highest BCUT2D eigenvalue weighted by Crippen LogP contribution is 2.24. The quantitative estimate of drug-likeness (QED) is 0.838. The summed E-state index contributed by atoms with van der Waals surface area (Å²) >= 11 is 0. The lowest BCUT2D eigenvalue weighted by Gasteiger charge is -2.25. The molecular weight excluding hydrogens is 230 g/mol. The van der Waals surface area contributed by atoms with Gasteiger partial charge in [0.2, 0.25) is 0 Å². The Hall–Kier alpha value is -0.820. The van der Waals surface area contributed by atoms with E-state index in [4.69, 9.17) is 0 Å². The van der Waals surface area contributed by atoms with Crippen LogP contribution in [0.4, 0.5) is 0 Å². The molecule has 1 N–H and O–H groups in total. The molecule has 0 bridgehead atoms. The fourth-order valence-corrected chi connectivity index (χ4v) is 2.90. The Labute approximate surface area is 118 Å². The summed E-state index contributed by atoms with van der Waals surface area (Å²) in [4.78, 5) is 0. The molecule has 1 aromatic carbocycles. The van der Waals surface area contributed by atoms with Crippen LogP contribution in [0.25, 0.3) is 0 Å². The van der Waals surface area contributed by atoms with Gasteiger partial charge in [-0.3, -0.25) is 0 Å². The predicted octanol–water partition coefficient (Wildman–Crippen LogP) is 4.13. The van der Waals surface area contributed by atoms with Gasteiger partial charge in [0, 0.05) is 5.54 Å². The maximum absolute atomic E-state index is 3.65. The van der Waals surface area contributed by atoms with Crippen molar-refractivity contribution in [1.82, 2.24) is 5.32 Å². The van der Waals surface area contributed by atoms with Crippen molar-refractivity contribution in [1.29, 1.82) is 0 Å². The summed E-state index contributed by atoms with van der Waals surface area (Å²) in [6, 6.07) is 7.17. The zero-order valence-electron chi connectivity index (χ0n) is 13.1. The first kappa shape index (κ1) is 14.6. The Morgan fingerprint density at radius 1 is 1.16 bits per heavy atom. The van der Waals surface area contributed by atoms with Crippen molar-refractivity contribution in [2.75, 3.05) is 6.54 Å². The Kier molecular flexibility index (Phi) is 4.67. The summed E-state index contributed by atoms with van der Waals surface area (Å²) < 4.78 is 0. The minimum absolute atomic E-state index is 0.228. The molecule has 106 valence electrons. The number of rotatable bonds is 5. The van der Waals surface area contributed by atoms with Crippen LogP contribution in [0, 0.1) is 5.92 Å². The topological polar surface area (TPSA) is 12.0 Å². The Bertz CT molecular complexity index is 414. The lowest BCUT2D eigenvalue weighted by molar-refractivity contribution is 0.363. The number of benzene rings is 1. The summed E-state index contributed by atoms with van der Waals surface area (Å²) in [6.45, 7) is 10.2. The van der Waals surface area contributed by atoms with Crippen LogP contribution in [0.1, 0.15) is 57.2 Å². The van der Waals surface area contributed by atoms with Gasteiger partial charge in [-0.1, -0.05) is 31.5 Å². The summed E-state index contributed by atoms with van der Waals surface area (Å²) in [7, 11) is 0. The van der Waals surface area contributed by atoms with Gasteiger partial charge in [-0.15, -0.1) is 0 Å². The van der Waals surface area contributed by atoms with Crippen LogP contribution in [-0.4, -0.2) is 12.1 Å². The molecule has 0 aliphatic heterocycles. The highest BCUT2D eigenvalue weighted by Gasteiger charge is 2.15. The summed E-state index contributed by atoms with van der Waals surface area (Å²) in [6.07, 6.45) is 6.40. The molecule has 0 heterocycles. The standard InChI is InChI=1S/C18H29N/c1-5-14(13-19-18(2,3)4)11-15-9-10-16-7-6-8-17(16)12-15/h9-10,12,14,19H,5-8,11,13H2,1-4H3. The Morgan fingerprint density at radius 2 is 1.89 bits per heavy atom. The molecule has 0 aromatic heterocycles. The van der Waals surface area contributed by atoms with Gasteiger partial charge >= 0.3 is 0 Å². The van der Waals surface area contributed by atoms with E-state index in [2.05, 4.69) is 51.2 Å². The van der Waals surface area contributed by atoms with Gasteiger partial charge in [-0.05, 0) is 75.6 Å². The normalized spacial score (nSPS) is 16.4. The molecule has 1 aliphatic carbocycles. The van der Waals surface area contributed by atoms with E-state index in [1.165, 1.54) is 37.7 Å². The lowest BCUT2D eigenvalue weighted by atomic mass is 9.94. The van der Waals surface area contributed by atoms with Crippen molar-refractivity contribution in [2.45, 2.75) is 65.3 Å². The molecule has 19 heavy (non-hydrogen) atoms. The molecule has 1 nitrogen and oxygen atoms in total. The van der Waals surface area contributed by atoms with Gasteiger partial charge in [-0.2, -0.15) is 0 Å². The second-order valence-corrected chi connectivity index (χ2v) is 7.07. The molecule has 0 radical (unpaired) electrons. The molecule has 1 aromatic rings. The molecule has 0 saturated carbocycles. The maximum Gasteiger partial charge on any atom is 0.00966 e. The monoisotopic (exact) mass is 259 g/mol. The van der Waals surface area contributed by atoms with Crippen LogP contribution >= 0.6 is 0 Å².